The molecule has 1 saturated heterocycles. The smallest absolute Gasteiger partial charge is 0.248 e. The number of nitriles is 1. The van der Waals surface area contributed by atoms with Crippen LogP contribution >= 0.6 is 0 Å². The van der Waals surface area contributed by atoms with E-state index in [9.17, 15) is 14.9 Å². The summed E-state index contributed by atoms with van der Waals surface area (Å²) >= 11 is 0. The molecule has 2 aromatic carbocycles. The third-order valence-electron chi connectivity index (χ3n) is 7.34. The third-order valence-corrected chi connectivity index (χ3v) is 7.34. The van der Waals surface area contributed by atoms with E-state index in [4.69, 9.17) is 22.7 Å². The van der Waals surface area contributed by atoms with Gasteiger partial charge in [0.1, 0.15) is 6.04 Å². The van der Waals surface area contributed by atoms with Crippen LogP contribution in [0.4, 0.5) is 0 Å². The normalized spacial score (nSPS) is 18.0. The summed E-state index contributed by atoms with van der Waals surface area (Å²) in [6.45, 7) is 8.71. The summed E-state index contributed by atoms with van der Waals surface area (Å²) in [5, 5.41) is 29.3. The zero-order valence-electron chi connectivity index (χ0n) is 22.2. The summed E-state index contributed by atoms with van der Waals surface area (Å²) in [6.07, 6.45) is 2.07. The largest absolute Gasteiger partial charge is 0.366 e. The standard InChI is InChI=1S/C28H35N9O2/c1-17(34-16-19(3)37-18(2)4-13-24(37)15-29)14-28(27(32)35-36-33,22-9-5-20(6-10-22)25(30)38)23-11-7-21(8-12-23)26(31)39/h5-12,17-18,24,34H,3-4,13-14,16H2,1-2H3,(H2,30,38)(H2,31,39)(H3,32,33,35)/t17-,18?,24?/m1/s1. The van der Waals surface area contributed by atoms with E-state index in [1.807, 2.05) is 6.92 Å². The van der Waals surface area contributed by atoms with Gasteiger partial charge in [0, 0.05) is 35.5 Å². The SMILES string of the molecule is C=C(CN[C@H](C)CC(C(=N)N=NN)(c1ccc(C(N)=O)cc1)c1ccc(C(N)=O)cc1)N1C(C)CCC1C#N. The van der Waals surface area contributed by atoms with Crippen LogP contribution in [0.2, 0.25) is 0 Å². The van der Waals surface area contributed by atoms with Crippen molar-refractivity contribution in [2.24, 2.45) is 27.6 Å². The molecule has 11 heteroatoms. The lowest BCUT2D eigenvalue weighted by Crippen LogP contribution is -2.44. The molecule has 0 radical (unpaired) electrons. The summed E-state index contributed by atoms with van der Waals surface area (Å²) in [4.78, 5) is 25.5. The van der Waals surface area contributed by atoms with Crippen LogP contribution in [0, 0.1) is 16.7 Å². The van der Waals surface area contributed by atoms with Gasteiger partial charge in [-0.15, -0.1) is 5.11 Å². The van der Waals surface area contributed by atoms with Gasteiger partial charge in [0.15, 0.2) is 5.84 Å². The number of hydrogen-bond donors (Lipinski definition) is 5. The van der Waals surface area contributed by atoms with Crippen molar-refractivity contribution >= 4 is 17.6 Å². The lowest BCUT2D eigenvalue weighted by atomic mass is 9.69. The molecule has 1 aliphatic heterocycles. The quantitative estimate of drug-likeness (QED) is 0.0973. The summed E-state index contributed by atoms with van der Waals surface area (Å²) in [5.41, 5.74) is 12.5. The van der Waals surface area contributed by atoms with Gasteiger partial charge in [-0.1, -0.05) is 36.1 Å². The molecule has 1 heterocycles. The van der Waals surface area contributed by atoms with Crippen LogP contribution in [0.15, 0.2) is 71.1 Å². The minimum absolute atomic E-state index is 0.131. The fraction of sp³-hybridized carbons (Fsp3) is 0.357. The maximum atomic E-state index is 11.7. The van der Waals surface area contributed by atoms with E-state index >= 15 is 0 Å². The van der Waals surface area contributed by atoms with Gasteiger partial charge in [0.05, 0.1) is 11.5 Å². The van der Waals surface area contributed by atoms with Crippen LogP contribution in [0.1, 0.15) is 65.0 Å². The molecule has 3 rings (SSSR count). The highest BCUT2D eigenvalue weighted by molar-refractivity contribution is 5.97. The zero-order valence-corrected chi connectivity index (χ0v) is 22.2. The number of nitrogens with one attached hydrogen (secondary N) is 2. The van der Waals surface area contributed by atoms with E-state index in [0.29, 0.717) is 35.2 Å². The van der Waals surface area contributed by atoms with Crippen LogP contribution in [-0.4, -0.2) is 47.2 Å². The van der Waals surface area contributed by atoms with Crippen molar-refractivity contribution < 1.29 is 9.59 Å². The minimum Gasteiger partial charge on any atom is -0.366 e. The number of benzene rings is 2. The first-order chi connectivity index (χ1) is 18.5. The van der Waals surface area contributed by atoms with E-state index in [0.717, 1.165) is 18.5 Å². The van der Waals surface area contributed by atoms with E-state index in [1.165, 1.54) is 0 Å². The fourth-order valence-electron chi connectivity index (χ4n) is 5.31. The van der Waals surface area contributed by atoms with Gasteiger partial charge in [-0.25, -0.2) is 0 Å². The maximum absolute atomic E-state index is 11.7. The molecule has 8 N–H and O–H groups in total. The van der Waals surface area contributed by atoms with Crippen molar-refractivity contribution in [2.75, 3.05) is 6.54 Å². The number of amidine groups is 1. The number of hydrogen-bond acceptors (Lipinski definition) is 7. The van der Waals surface area contributed by atoms with Gasteiger partial charge in [-0.3, -0.25) is 15.0 Å². The number of rotatable bonds is 11. The number of amides is 2. The second-order valence-corrected chi connectivity index (χ2v) is 9.88. The fourth-order valence-corrected chi connectivity index (χ4v) is 5.31. The highest BCUT2D eigenvalue weighted by atomic mass is 16.1. The van der Waals surface area contributed by atoms with Gasteiger partial charge >= 0.3 is 0 Å². The minimum atomic E-state index is -1.17. The molecule has 2 unspecified atom stereocenters. The number of nitrogens with two attached hydrogens (primary N) is 3. The molecule has 0 aromatic heterocycles. The Balaban J connectivity index is 2.01. The Morgan fingerprint density at radius 1 is 1.13 bits per heavy atom. The van der Waals surface area contributed by atoms with Gasteiger partial charge in [0.2, 0.25) is 11.8 Å². The number of primary amides is 2. The monoisotopic (exact) mass is 529 g/mol. The van der Waals surface area contributed by atoms with Crippen LogP contribution in [0.25, 0.3) is 0 Å². The van der Waals surface area contributed by atoms with Crippen LogP contribution < -0.4 is 22.6 Å². The highest BCUT2D eigenvalue weighted by Crippen LogP contribution is 2.39. The molecule has 204 valence electrons. The molecule has 2 amide bonds. The Kier molecular flexibility index (Phi) is 9.16. The number of nitrogens with zero attached hydrogens (tertiary/aromatic N) is 4. The Labute approximate surface area is 228 Å². The molecule has 0 aliphatic carbocycles. The topological polar surface area (TPSA) is 200 Å². The van der Waals surface area contributed by atoms with Crippen LogP contribution in [0.3, 0.4) is 0 Å². The van der Waals surface area contributed by atoms with Crippen molar-refractivity contribution in [3.05, 3.63) is 83.1 Å². The molecule has 1 aliphatic rings. The Bertz CT molecular complexity index is 1240. The second kappa shape index (κ2) is 12.3. The van der Waals surface area contributed by atoms with E-state index in [2.05, 4.69) is 40.1 Å². The van der Waals surface area contributed by atoms with Crippen molar-refractivity contribution in [3.63, 3.8) is 0 Å². The van der Waals surface area contributed by atoms with E-state index in [1.54, 1.807) is 48.5 Å². The molecular weight excluding hydrogens is 494 g/mol. The highest BCUT2D eigenvalue weighted by Gasteiger charge is 2.41. The average Bonchev–Trinajstić information content (AvgIpc) is 3.31. The van der Waals surface area contributed by atoms with Crippen molar-refractivity contribution in [3.8, 4) is 6.07 Å². The molecule has 1 fully saturated rings. The zero-order chi connectivity index (χ0) is 28.7. The number of carbonyl (C=O) groups excluding carboxylic acids is 2. The van der Waals surface area contributed by atoms with E-state index < -0.39 is 17.2 Å². The average molecular weight is 530 g/mol. The molecule has 0 bridgehead atoms. The molecule has 39 heavy (non-hydrogen) atoms. The number of carbonyl (C=O) groups is 2. The summed E-state index contributed by atoms with van der Waals surface area (Å²) in [6, 6.07) is 15.4. The predicted octanol–water partition coefficient (Wildman–Crippen LogP) is 2.73. The van der Waals surface area contributed by atoms with Gasteiger partial charge in [-0.05, 0) is 68.5 Å². The lowest BCUT2D eigenvalue weighted by Gasteiger charge is -2.37. The van der Waals surface area contributed by atoms with Crippen molar-refractivity contribution in [2.45, 2.75) is 56.7 Å². The van der Waals surface area contributed by atoms with Gasteiger partial charge in [0.25, 0.3) is 0 Å². The third kappa shape index (κ3) is 6.13. The van der Waals surface area contributed by atoms with Gasteiger partial charge < -0.3 is 27.5 Å². The molecule has 2 aromatic rings. The van der Waals surface area contributed by atoms with Crippen LogP contribution in [-0.2, 0) is 5.41 Å². The predicted molar refractivity (Wildman–Crippen MR) is 149 cm³/mol. The molecule has 3 atom stereocenters. The number of likely N-dealkylation sites (tertiary alicyclic amines) is 1. The van der Waals surface area contributed by atoms with Crippen molar-refractivity contribution in [1.82, 2.24) is 10.2 Å². The van der Waals surface area contributed by atoms with Crippen LogP contribution in [0.5, 0.6) is 0 Å². The first-order valence-electron chi connectivity index (χ1n) is 12.6. The van der Waals surface area contributed by atoms with Crippen molar-refractivity contribution in [1.29, 1.82) is 10.7 Å². The maximum Gasteiger partial charge on any atom is 0.248 e. The molecular formula is C28H35N9O2. The van der Waals surface area contributed by atoms with Gasteiger partial charge in [-0.2, -0.15) is 5.26 Å². The molecule has 0 saturated carbocycles. The molecule has 0 spiro atoms. The Morgan fingerprint density at radius 2 is 1.64 bits per heavy atom. The Hall–Kier alpha value is -4.56. The lowest BCUT2D eigenvalue weighted by molar-refractivity contribution is 0.0992. The summed E-state index contributed by atoms with van der Waals surface area (Å²) < 4.78 is 0. The first kappa shape index (κ1) is 29.0. The second-order valence-electron chi connectivity index (χ2n) is 9.88. The first-order valence-corrected chi connectivity index (χ1v) is 12.6. The Morgan fingerprint density at radius 3 is 2.08 bits per heavy atom. The summed E-state index contributed by atoms with van der Waals surface area (Å²) in [5.74, 6) is 4.11. The summed E-state index contributed by atoms with van der Waals surface area (Å²) in [7, 11) is 0. The van der Waals surface area contributed by atoms with E-state index in [-0.39, 0.29) is 24.0 Å². The molecule has 11 nitrogen and oxygen atoms in total.